The van der Waals surface area contributed by atoms with E-state index in [9.17, 15) is 4.79 Å². The summed E-state index contributed by atoms with van der Waals surface area (Å²) in [6, 6.07) is 6.00. The molecular formula is C18H24N2O2S. The average Bonchev–Trinajstić information content (AvgIpc) is 3.12. The maximum atomic E-state index is 11.9. The fourth-order valence-corrected chi connectivity index (χ4v) is 4.11. The van der Waals surface area contributed by atoms with Gasteiger partial charge in [-0.2, -0.15) is 0 Å². The summed E-state index contributed by atoms with van der Waals surface area (Å²) in [5.41, 5.74) is 2.45. The van der Waals surface area contributed by atoms with Crippen molar-refractivity contribution in [3.8, 4) is 0 Å². The van der Waals surface area contributed by atoms with Crippen molar-refractivity contribution in [1.29, 1.82) is 0 Å². The molecule has 0 saturated heterocycles. The van der Waals surface area contributed by atoms with Gasteiger partial charge in [0.25, 0.3) is 0 Å². The van der Waals surface area contributed by atoms with Crippen LogP contribution in [0.15, 0.2) is 18.2 Å². The van der Waals surface area contributed by atoms with Crippen molar-refractivity contribution in [2.75, 3.05) is 11.9 Å². The van der Waals surface area contributed by atoms with Crippen molar-refractivity contribution in [1.82, 2.24) is 5.32 Å². The van der Waals surface area contributed by atoms with Gasteiger partial charge in [-0.25, -0.2) is 4.79 Å². The van der Waals surface area contributed by atoms with Crippen LogP contribution in [0.2, 0.25) is 0 Å². The van der Waals surface area contributed by atoms with Crippen molar-refractivity contribution < 1.29 is 9.53 Å². The second kappa shape index (κ2) is 6.87. The molecule has 0 aliphatic heterocycles. The highest BCUT2D eigenvalue weighted by molar-refractivity contribution is 7.80. The first-order chi connectivity index (χ1) is 11.1. The predicted molar refractivity (Wildman–Crippen MR) is 95.7 cm³/mol. The van der Waals surface area contributed by atoms with E-state index in [4.69, 9.17) is 17.0 Å². The Morgan fingerprint density at radius 3 is 2.83 bits per heavy atom. The number of thiocarbonyl (C=S) groups is 1. The number of anilines is 1. The maximum absolute atomic E-state index is 11.9. The summed E-state index contributed by atoms with van der Waals surface area (Å²) in [7, 11) is 0. The average molecular weight is 332 g/mol. The molecule has 2 fully saturated rings. The molecule has 0 spiro atoms. The third-order valence-electron chi connectivity index (χ3n) is 5.05. The number of nitrogens with one attached hydrogen (secondary N) is 2. The third-order valence-corrected chi connectivity index (χ3v) is 5.27. The van der Waals surface area contributed by atoms with E-state index in [0.29, 0.717) is 23.3 Å². The number of rotatable bonds is 4. The highest BCUT2D eigenvalue weighted by atomic mass is 32.1. The number of benzene rings is 1. The molecule has 1 aromatic rings. The molecule has 1 aromatic carbocycles. The topological polar surface area (TPSA) is 50.4 Å². The standard InChI is InChI=1S/C18H24N2O2S/c1-3-22-17(21)14-6-4-11(2)15(10-14)19-18(23)20-16-9-12-5-7-13(16)8-12/h4,6,10,12-13,16H,3,5,7-9H2,1-2H3,(H2,19,20,23). The number of hydrogen-bond acceptors (Lipinski definition) is 3. The first-order valence-corrected chi connectivity index (χ1v) is 8.83. The van der Waals surface area contributed by atoms with Crippen LogP contribution in [-0.2, 0) is 4.74 Å². The summed E-state index contributed by atoms with van der Waals surface area (Å²) in [6.07, 6.45) is 5.28. The number of esters is 1. The molecule has 124 valence electrons. The van der Waals surface area contributed by atoms with Crippen LogP contribution < -0.4 is 10.6 Å². The summed E-state index contributed by atoms with van der Waals surface area (Å²) in [4.78, 5) is 11.9. The zero-order chi connectivity index (χ0) is 16.4. The Hall–Kier alpha value is -1.62. The van der Waals surface area contributed by atoms with Crippen LogP contribution in [0.5, 0.6) is 0 Å². The molecule has 0 amide bonds. The second-order valence-corrected chi connectivity index (χ2v) is 7.04. The first kappa shape index (κ1) is 16.2. The summed E-state index contributed by atoms with van der Waals surface area (Å²) in [6.45, 7) is 4.18. The molecule has 2 N–H and O–H groups in total. The number of hydrogen-bond donors (Lipinski definition) is 2. The van der Waals surface area contributed by atoms with Crippen molar-refractivity contribution in [2.45, 2.75) is 45.6 Å². The molecule has 3 rings (SSSR count). The predicted octanol–water partition coefficient (Wildman–Crippen LogP) is 3.65. The van der Waals surface area contributed by atoms with Crippen molar-refractivity contribution in [3.63, 3.8) is 0 Å². The van der Waals surface area contributed by atoms with E-state index in [-0.39, 0.29) is 5.97 Å². The Bertz CT molecular complexity index is 617. The molecule has 0 heterocycles. The van der Waals surface area contributed by atoms with Gasteiger partial charge in [-0.05, 0) is 74.9 Å². The van der Waals surface area contributed by atoms with Gasteiger partial charge in [0, 0.05) is 11.7 Å². The second-order valence-electron chi connectivity index (χ2n) is 6.63. The van der Waals surface area contributed by atoms with Gasteiger partial charge >= 0.3 is 5.97 Å². The number of carbonyl (C=O) groups excluding carboxylic acids is 1. The molecule has 0 radical (unpaired) electrons. The van der Waals surface area contributed by atoms with Crippen LogP contribution in [0, 0.1) is 18.8 Å². The highest BCUT2D eigenvalue weighted by Crippen LogP contribution is 2.44. The molecule has 3 unspecified atom stereocenters. The SMILES string of the molecule is CCOC(=O)c1ccc(C)c(NC(=S)NC2CC3CCC2C3)c1. The Kier molecular flexibility index (Phi) is 4.85. The smallest absolute Gasteiger partial charge is 0.338 e. The molecule has 3 atom stereocenters. The van der Waals surface area contributed by atoms with Crippen LogP contribution in [0.4, 0.5) is 5.69 Å². The van der Waals surface area contributed by atoms with Gasteiger partial charge in [-0.1, -0.05) is 12.5 Å². The molecule has 4 nitrogen and oxygen atoms in total. The van der Waals surface area contributed by atoms with Gasteiger partial charge in [-0.3, -0.25) is 0 Å². The molecule has 2 aliphatic carbocycles. The Labute approximate surface area is 143 Å². The van der Waals surface area contributed by atoms with E-state index in [1.165, 1.54) is 25.7 Å². The maximum Gasteiger partial charge on any atom is 0.338 e. The molecule has 2 bridgehead atoms. The highest BCUT2D eigenvalue weighted by Gasteiger charge is 2.39. The van der Waals surface area contributed by atoms with E-state index >= 15 is 0 Å². The zero-order valence-electron chi connectivity index (χ0n) is 13.7. The van der Waals surface area contributed by atoms with Crippen LogP contribution in [0.3, 0.4) is 0 Å². The molecule has 0 aromatic heterocycles. The molecule has 23 heavy (non-hydrogen) atoms. The van der Waals surface area contributed by atoms with Gasteiger partial charge < -0.3 is 15.4 Å². The lowest BCUT2D eigenvalue weighted by Crippen LogP contribution is -2.40. The van der Waals surface area contributed by atoms with Gasteiger partial charge in [0.05, 0.1) is 12.2 Å². The Balaban J connectivity index is 1.63. The molecule has 2 aliphatic rings. The first-order valence-electron chi connectivity index (χ1n) is 8.42. The fraction of sp³-hybridized carbons (Fsp3) is 0.556. The van der Waals surface area contributed by atoms with E-state index in [1.807, 2.05) is 19.1 Å². The summed E-state index contributed by atoms with van der Waals surface area (Å²) >= 11 is 5.47. The summed E-state index contributed by atoms with van der Waals surface area (Å²) in [5.74, 6) is 1.35. The number of fused-ring (bicyclic) bond motifs is 2. The fourth-order valence-electron chi connectivity index (χ4n) is 3.85. The van der Waals surface area contributed by atoms with Crippen LogP contribution >= 0.6 is 12.2 Å². The van der Waals surface area contributed by atoms with E-state index in [0.717, 1.165) is 23.1 Å². The van der Waals surface area contributed by atoms with Crippen molar-refractivity contribution in [3.05, 3.63) is 29.3 Å². The van der Waals surface area contributed by atoms with Crippen LogP contribution in [0.25, 0.3) is 0 Å². The largest absolute Gasteiger partial charge is 0.462 e. The lowest BCUT2D eigenvalue weighted by Gasteiger charge is -2.25. The Morgan fingerprint density at radius 1 is 1.35 bits per heavy atom. The van der Waals surface area contributed by atoms with Crippen LogP contribution in [0.1, 0.15) is 48.5 Å². The lowest BCUT2D eigenvalue weighted by molar-refractivity contribution is 0.0526. The summed E-state index contributed by atoms with van der Waals surface area (Å²) in [5, 5.41) is 7.36. The van der Waals surface area contributed by atoms with E-state index < -0.39 is 0 Å². The zero-order valence-corrected chi connectivity index (χ0v) is 14.5. The van der Waals surface area contributed by atoms with E-state index in [1.54, 1.807) is 13.0 Å². The minimum Gasteiger partial charge on any atom is -0.462 e. The number of aryl methyl sites for hydroxylation is 1. The van der Waals surface area contributed by atoms with Gasteiger partial charge in [0.1, 0.15) is 0 Å². The third kappa shape index (κ3) is 3.66. The molecule has 2 saturated carbocycles. The number of carbonyl (C=O) groups is 1. The lowest BCUT2D eigenvalue weighted by atomic mass is 9.95. The van der Waals surface area contributed by atoms with Gasteiger partial charge in [0.15, 0.2) is 5.11 Å². The van der Waals surface area contributed by atoms with Crippen molar-refractivity contribution in [2.24, 2.45) is 11.8 Å². The van der Waals surface area contributed by atoms with Crippen LogP contribution in [-0.4, -0.2) is 23.7 Å². The normalized spacial score (nSPS) is 25.2. The van der Waals surface area contributed by atoms with Crippen molar-refractivity contribution >= 4 is 29.0 Å². The molecule has 5 heteroatoms. The molecular weight excluding hydrogens is 308 g/mol. The quantitative estimate of drug-likeness (QED) is 0.651. The summed E-state index contributed by atoms with van der Waals surface area (Å²) < 4.78 is 5.05. The Morgan fingerprint density at radius 2 is 2.17 bits per heavy atom. The van der Waals surface area contributed by atoms with E-state index in [2.05, 4.69) is 10.6 Å². The minimum absolute atomic E-state index is 0.303. The minimum atomic E-state index is -0.303. The van der Waals surface area contributed by atoms with Gasteiger partial charge in [-0.15, -0.1) is 0 Å². The number of ether oxygens (including phenoxy) is 1. The monoisotopic (exact) mass is 332 g/mol. The van der Waals surface area contributed by atoms with Gasteiger partial charge in [0.2, 0.25) is 0 Å².